The first-order valence-electron chi connectivity index (χ1n) is 9.61. The molecule has 2 aromatic carbocycles. The first-order valence-corrected chi connectivity index (χ1v) is 10.4. The van der Waals surface area contributed by atoms with Crippen LogP contribution in [0.25, 0.3) is 0 Å². The lowest BCUT2D eigenvalue weighted by atomic mass is 10.1. The minimum absolute atomic E-state index is 0.129. The Balaban J connectivity index is 2.32. The monoisotopic (exact) mass is 438 g/mol. The number of carbonyl (C=O) groups is 2. The summed E-state index contributed by atoms with van der Waals surface area (Å²) in [6.07, 6.45) is 0.995. The van der Waals surface area contributed by atoms with E-state index < -0.39 is 11.9 Å². The number of nitrogens with one attached hydrogen (secondary N) is 1. The molecule has 1 N–H and O–H groups in total. The molecule has 0 aromatic heterocycles. The Kier molecular flexibility index (Phi) is 8.93. The van der Waals surface area contributed by atoms with E-state index in [0.717, 1.165) is 12.0 Å². The van der Waals surface area contributed by atoms with Gasteiger partial charge in [0, 0.05) is 28.7 Å². The van der Waals surface area contributed by atoms with Crippen LogP contribution in [0.5, 0.6) is 0 Å². The van der Waals surface area contributed by atoms with Gasteiger partial charge in [-0.25, -0.2) is 4.39 Å². The fourth-order valence-corrected chi connectivity index (χ4v) is 3.38. The lowest BCUT2D eigenvalue weighted by Gasteiger charge is -2.31. The van der Waals surface area contributed by atoms with Crippen LogP contribution in [0.4, 0.5) is 4.39 Å². The zero-order valence-corrected chi connectivity index (χ0v) is 18.1. The molecule has 29 heavy (non-hydrogen) atoms. The van der Waals surface area contributed by atoms with Crippen molar-refractivity contribution < 1.29 is 14.0 Å². The van der Waals surface area contributed by atoms with Crippen molar-refractivity contribution >= 4 is 35.0 Å². The van der Waals surface area contributed by atoms with Crippen molar-refractivity contribution in [2.24, 2.45) is 0 Å². The van der Waals surface area contributed by atoms with Gasteiger partial charge in [-0.05, 0) is 42.7 Å². The maximum atomic E-state index is 14.2. The largest absolute Gasteiger partial charge is 0.354 e. The molecular formula is C22H25Cl2FN2O2. The highest BCUT2D eigenvalue weighted by Crippen LogP contribution is 2.22. The minimum Gasteiger partial charge on any atom is -0.354 e. The third kappa shape index (κ3) is 6.44. The summed E-state index contributed by atoms with van der Waals surface area (Å²) in [5.41, 5.74) is 0.952. The number of amides is 2. The van der Waals surface area contributed by atoms with Crippen LogP contribution < -0.4 is 5.32 Å². The second kappa shape index (κ2) is 11.2. The summed E-state index contributed by atoms with van der Waals surface area (Å²) in [6, 6.07) is 10.7. The van der Waals surface area contributed by atoms with Gasteiger partial charge in [-0.15, -0.1) is 0 Å². The van der Waals surface area contributed by atoms with E-state index in [4.69, 9.17) is 23.2 Å². The highest BCUT2D eigenvalue weighted by Gasteiger charge is 2.29. The van der Waals surface area contributed by atoms with Gasteiger partial charge in [0.05, 0.1) is 6.42 Å². The molecule has 7 heteroatoms. The van der Waals surface area contributed by atoms with Crippen molar-refractivity contribution in [1.29, 1.82) is 0 Å². The molecule has 4 nitrogen and oxygen atoms in total. The topological polar surface area (TPSA) is 49.4 Å². The van der Waals surface area contributed by atoms with Crippen molar-refractivity contribution in [1.82, 2.24) is 10.2 Å². The van der Waals surface area contributed by atoms with Crippen LogP contribution in [0.2, 0.25) is 10.0 Å². The molecule has 156 valence electrons. The predicted molar refractivity (Wildman–Crippen MR) is 114 cm³/mol. The lowest BCUT2D eigenvalue weighted by Crippen LogP contribution is -2.49. The first kappa shape index (κ1) is 23.2. The van der Waals surface area contributed by atoms with E-state index >= 15 is 0 Å². The van der Waals surface area contributed by atoms with Gasteiger partial charge in [0.15, 0.2) is 0 Å². The molecule has 1 unspecified atom stereocenters. The number of benzene rings is 2. The third-order valence-electron chi connectivity index (χ3n) is 4.59. The van der Waals surface area contributed by atoms with E-state index in [0.29, 0.717) is 18.0 Å². The zero-order valence-electron chi connectivity index (χ0n) is 16.6. The summed E-state index contributed by atoms with van der Waals surface area (Å²) in [6.45, 7) is 4.53. The number of rotatable bonds is 9. The quantitative estimate of drug-likeness (QED) is 0.597. The number of carbonyl (C=O) groups excluding carboxylic acids is 2. The van der Waals surface area contributed by atoms with Crippen molar-refractivity contribution in [3.63, 3.8) is 0 Å². The van der Waals surface area contributed by atoms with Crippen molar-refractivity contribution in [3.8, 4) is 0 Å². The molecule has 0 saturated carbocycles. The Morgan fingerprint density at radius 2 is 1.79 bits per heavy atom. The Hall–Kier alpha value is -2.11. The molecule has 2 rings (SSSR count). The summed E-state index contributed by atoms with van der Waals surface area (Å²) >= 11 is 12.0. The number of hydrogen-bond donors (Lipinski definition) is 1. The molecule has 0 aliphatic carbocycles. The van der Waals surface area contributed by atoms with Crippen molar-refractivity contribution in [2.75, 3.05) is 6.54 Å². The third-order valence-corrected chi connectivity index (χ3v) is 5.20. The number of hydrogen-bond acceptors (Lipinski definition) is 2. The fourth-order valence-electron chi connectivity index (χ4n) is 3.03. The van der Waals surface area contributed by atoms with Crippen molar-refractivity contribution in [2.45, 2.75) is 45.7 Å². The van der Waals surface area contributed by atoms with Crippen LogP contribution >= 0.6 is 23.2 Å². The molecule has 0 radical (unpaired) electrons. The van der Waals surface area contributed by atoms with Crippen LogP contribution in [0.3, 0.4) is 0 Å². The average molecular weight is 439 g/mol. The molecule has 2 aromatic rings. The average Bonchev–Trinajstić information content (AvgIpc) is 2.70. The summed E-state index contributed by atoms with van der Waals surface area (Å²) in [7, 11) is 0. The highest BCUT2D eigenvalue weighted by molar-refractivity contribution is 6.31. The zero-order chi connectivity index (χ0) is 21.4. The molecule has 2 amide bonds. The number of nitrogens with zero attached hydrogens (tertiary/aromatic N) is 1. The van der Waals surface area contributed by atoms with Crippen LogP contribution in [0.1, 0.15) is 37.8 Å². The van der Waals surface area contributed by atoms with Gasteiger partial charge >= 0.3 is 0 Å². The molecule has 0 bridgehead atoms. The van der Waals surface area contributed by atoms with Crippen LogP contribution in [0.15, 0.2) is 42.5 Å². The van der Waals surface area contributed by atoms with E-state index in [1.807, 2.05) is 13.8 Å². The highest BCUT2D eigenvalue weighted by atomic mass is 35.5. The van der Waals surface area contributed by atoms with E-state index in [-0.39, 0.29) is 35.4 Å². The van der Waals surface area contributed by atoms with Gasteiger partial charge < -0.3 is 10.2 Å². The Bertz CT molecular complexity index is 823. The van der Waals surface area contributed by atoms with E-state index in [1.54, 1.807) is 30.3 Å². The van der Waals surface area contributed by atoms with Gasteiger partial charge in [-0.2, -0.15) is 0 Å². The molecule has 0 saturated heterocycles. The summed E-state index contributed by atoms with van der Waals surface area (Å²) < 4.78 is 14.2. The van der Waals surface area contributed by atoms with Crippen LogP contribution in [-0.2, 0) is 22.6 Å². The molecule has 0 aliphatic rings. The van der Waals surface area contributed by atoms with Crippen LogP contribution in [0, 0.1) is 5.82 Å². The summed E-state index contributed by atoms with van der Waals surface area (Å²) in [5, 5.41) is 3.62. The first-order chi connectivity index (χ1) is 13.9. The molecule has 0 aliphatic heterocycles. The standard InChI is InChI=1S/C22H25Cl2FN2O2/c1-3-12-26-22(29)20(4-2)27(14-15-8-10-16(23)11-9-15)21(28)13-17-18(24)6-5-7-19(17)25/h5-11,20H,3-4,12-14H2,1-2H3,(H,26,29). The lowest BCUT2D eigenvalue weighted by molar-refractivity contribution is -0.141. The minimum atomic E-state index is -0.671. The maximum Gasteiger partial charge on any atom is 0.242 e. The summed E-state index contributed by atoms with van der Waals surface area (Å²) in [4.78, 5) is 27.3. The van der Waals surface area contributed by atoms with Gasteiger partial charge in [0.25, 0.3) is 0 Å². The predicted octanol–water partition coefficient (Wildman–Crippen LogP) is 5.01. The van der Waals surface area contributed by atoms with Gasteiger partial charge in [0.2, 0.25) is 11.8 Å². The second-order valence-electron chi connectivity index (χ2n) is 6.74. The smallest absolute Gasteiger partial charge is 0.242 e. The molecule has 0 fully saturated rings. The maximum absolute atomic E-state index is 14.2. The Morgan fingerprint density at radius 3 is 2.38 bits per heavy atom. The SMILES string of the molecule is CCCNC(=O)C(CC)N(Cc1ccc(Cl)cc1)C(=O)Cc1c(F)cccc1Cl. The molecule has 0 spiro atoms. The number of halogens is 3. The Morgan fingerprint density at radius 1 is 1.10 bits per heavy atom. The van der Waals surface area contributed by atoms with Crippen molar-refractivity contribution in [3.05, 3.63) is 69.5 Å². The van der Waals surface area contributed by atoms with E-state index in [1.165, 1.54) is 17.0 Å². The molecule has 1 atom stereocenters. The van der Waals surface area contributed by atoms with E-state index in [9.17, 15) is 14.0 Å². The molecular weight excluding hydrogens is 414 g/mol. The van der Waals surface area contributed by atoms with E-state index in [2.05, 4.69) is 5.32 Å². The summed E-state index contributed by atoms with van der Waals surface area (Å²) in [5.74, 6) is -1.14. The van der Waals surface area contributed by atoms with Gasteiger partial charge in [0.1, 0.15) is 11.9 Å². The van der Waals surface area contributed by atoms with Gasteiger partial charge in [-0.1, -0.05) is 55.2 Å². The normalized spacial score (nSPS) is 11.8. The molecule has 0 heterocycles. The Labute approximate surface area is 181 Å². The van der Waals surface area contributed by atoms with Gasteiger partial charge in [-0.3, -0.25) is 9.59 Å². The second-order valence-corrected chi connectivity index (χ2v) is 7.58. The fraction of sp³-hybridized carbons (Fsp3) is 0.364. The van der Waals surface area contributed by atoms with Crippen LogP contribution in [-0.4, -0.2) is 29.3 Å².